The van der Waals surface area contributed by atoms with Crippen molar-refractivity contribution in [1.29, 1.82) is 0 Å². The summed E-state index contributed by atoms with van der Waals surface area (Å²) in [5.41, 5.74) is 2.95. The molecule has 144 valence electrons. The van der Waals surface area contributed by atoms with Crippen molar-refractivity contribution in [3.05, 3.63) is 70.2 Å². The van der Waals surface area contributed by atoms with Crippen LogP contribution in [-0.2, 0) is 13.1 Å². The predicted octanol–water partition coefficient (Wildman–Crippen LogP) is -0.0200. The first-order valence-electron chi connectivity index (χ1n) is 10.6. The molecule has 27 heavy (non-hydrogen) atoms. The van der Waals surface area contributed by atoms with Crippen LogP contribution in [0.5, 0.6) is 0 Å². The van der Waals surface area contributed by atoms with Crippen LogP contribution in [0.2, 0.25) is 0 Å². The molecule has 2 aromatic rings. The maximum absolute atomic E-state index is 3.60. The topological polar surface area (TPSA) is 13.3 Å². The van der Waals surface area contributed by atoms with Gasteiger partial charge in [-0.05, 0) is 12.1 Å². The number of nitrogens with one attached hydrogen (secondary N) is 3. The molecule has 2 heterocycles. The smallest absolute Gasteiger partial charge is 0.127 e. The lowest BCUT2D eigenvalue weighted by molar-refractivity contribution is -1.04. The van der Waals surface area contributed by atoms with Crippen LogP contribution in [0.4, 0.5) is 0 Å². The molecule has 0 saturated carbocycles. The minimum Gasteiger partial charge on any atom is -0.331 e. The number of halogens is 1. The highest BCUT2D eigenvalue weighted by Crippen LogP contribution is 2.10. The van der Waals surface area contributed by atoms with Crippen molar-refractivity contribution in [2.75, 3.05) is 39.3 Å². The standard InChI is InChI=1S/C23H30BrN3/c24-22-8-4-7-21(17-22)19-26-13-15-27(16-14-26)23-9-11-25(12-10-23)18-20-5-2-1-3-6-20/h1-8,17,23H,9-16,18-19H2/p+3. The van der Waals surface area contributed by atoms with Crippen LogP contribution in [0, 0.1) is 0 Å². The first-order chi connectivity index (χ1) is 13.3. The normalized spacial score (nSPS) is 28.8. The maximum atomic E-state index is 3.60. The van der Waals surface area contributed by atoms with Crippen molar-refractivity contribution in [3.8, 4) is 0 Å². The van der Waals surface area contributed by atoms with E-state index < -0.39 is 0 Å². The summed E-state index contributed by atoms with van der Waals surface area (Å²) in [6, 6.07) is 20.7. The van der Waals surface area contributed by atoms with E-state index in [9.17, 15) is 0 Å². The van der Waals surface area contributed by atoms with Gasteiger partial charge in [-0.3, -0.25) is 0 Å². The monoisotopic (exact) mass is 430 g/mol. The summed E-state index contributed by atoms with van der Waals surface area (Å²) in [4.78, 5) is 5.41. The van der Waals surface area contributed by atoms with Gasteiger partial charge >= 0.3 is 0 Å². The molecule has 0 bridgehead atoms. The highest BCUT2D eigenvalue weighted by molar-refractivity contribution is 9.10. The Kier molecular flexibility index (Phi) is 6.61. The van der Waals surface area contributed by atoms with E-state index in [4.69, 9.17) is 0 Å². The molecule has 0 aliphatic carbocycles. The third kappa shape index (κ3) is 5.41. The molecule has 4 heteroatoms. The quantitative estimate of drug-likeness (QED) is 0.589. The predicted molar refractivity (Wildman–Crippen MR) is 113 cm³/mol. The Balaban J connectivity index is 1.20. The van der Waals surface area contributed by atoms with Gasteiger partial charge < -0.3 is 14.7 Å². The van der Waals surface area contributed by atoms with E-state index in [1.807, 2.05) is 4.90 Å². The summed E-state index contributed by atoms with van der Waals surface area (Å²) in [6.45, 7) is 10.4. The molecule has 0 aromatic heterocycles. The van der Waals surface area contributed by atoms with E-state index in [2.05, 4.69) is 70.5 Å². The molecule has 2 fully saturated rings. The van der Waals surface area contributed by atoms with Crippen molar-refractivity contribution in [2.24, 2.45) is 0 Å². The van der Waals surface area contributed by atoms with Crippen molar-refractivity contribution in [2.45, 2.75) is 32.0 Å². The summed E-state index contributed by atoms with van der Waals surface area (Å²) in [6.07, 6.45) is 2.80. The molecule has 0 radical (unpaired) electrons. The first-order valence-corrected chi connectivity index (χ1v) is 11.4. The minimum absolute atomic E-state index is 0.900. The molecule has 2 aliphatic rings. The second-order valence-corrected chi connectivity index (χ2v) is 9.32. The zero-order chi connectivity index (χ0) is 18.5. The number of quaternary nitrogens is 3. The Hall–Kier alpha value is -1.20. The second-order valence-electron chi connectivity index (χ2n) is 8.40. The molecule has 4 rings (SSSR count). The van der Waals surface area contributed by atoms with Crippen LogP contribution in [0.25, 0.3) is 0 Å². The fraction of sp³-hybridized carbons (Fsp3) is 0.478. The van der Waals surface area contributed by atoms with Gasteiger partial charge in [-0.1, -0.05) is 58.4 Å². The van der Waals surface area contributed by atoms with Crippen molar-refractivity contribution in [1.82, 2.24) is 0 Å². The van der Waals surface area contributed by atoms with E-state index in [0.29, 0.717) is 0 Å². The van der Waals surface area contributed by atoms with Crippen LogP contribution in [0.1, 0.15) is 24.0 Å². The fourth-order valence-corrected chi connectivity index (χ4v) is 5.39. The van der Waals surface area contributed by atoms with Crippen molar-refractivity contribution < 1.29 is 14.7 Å². The van der Waals surface area contributed by atoms with Crippen molar-refractivity contribution >= 4 is 15.9 Å². The zero-order valence-electron chi connectivity index (χ0n) is 16.2. The van der Waals surface area contributed by atoms with Gasteiger partial charge in [0.2, 0.25) is 0 Å². The molecule has 3 nitrogen and oxygen atoms in total. The van der Waals surface area contributed by atoms with Gasteiger partial charge in [-0.15, -0.1) is 0 Å². The average molecular weight is 431 g/mol. The third-order valence-electron chi connectivity index (χ3n) is 6.51. The zero-order valence-corrected chi connectivity index (χ0v) is 17.8. The van der Waals surface area contributed by atoms with E-state index in [0.717, 1.165) is 6.04 Å². The minimum atomic E-state index is 0.900. The van der Waals surface area contributed by atoms with Gasteiger partial charge in [0.15, 0.2) is 0 Å². The molecular formula is C23H33BrN3+3. The highest BCUT2D eigenvalue weighted by Gasteiger charge is 2.33. The van der Waals surface area contributed by atoms with E-state index in [1.165, 1.54) is 80.8 Å². The Morgan fingerprint density at radius 2 is 1.33 bits per heavy atom. The lowest BCUT2D eigenvalue weighted by Gasteiger charge is -2.37. The molecule has 2 aromatic carbocycles. The number of hydrogen-bond donors (Lipinski definition) is 3. The van der Waals surface area contributed by atoms with Gasteiger partial charge in [-0.25, -0.2) is 0 Å². The van der Waals surface area contributed by atoms with Gasteiger partial charge in [0, 0.05) is 28.4 Å². The number of hydrogen-bond acceptors (Lipinski definition) is 0. The Morgan fingerprint density at radius 1 is 0.704 bits per heavy atom. The summed E-state index contributed by atoms with van der Waals surface area (Å²) in [7, 11) is 0. The van der Waals surface area contributed by atoms with Crippen LogP contribution >= 0.6 is 15.9 Å². The molecule has 2 aliphatic heterocycles. The summed E-state index contributed by atoms with van der Waals surface area (Å²) < 4.78 is 1.20. The van der Waals surface area contributed by atoms with Crippen LogP contribution in [0.15, 0.2) is 59.1 Å². The lowest BCUT2D eigenvalue weighted by atomic mass is 10.0. The molecule has 3 N–H and O–H groups in total. The number of likely N-dealkylation sites (tertiary alicyclic amines) is 1. The van der Waals surface area contributed by atoms with Gasteiger partial charge in [0.05, 0.1) is 19.1 Å². The van der Waals surface area contributed by atoms with E-state index in [-0.39, 0.29) is 0 Å². The molecule has 0 atom stereocenters. The lowest BCUT2D eigenvalue weighted by Crippen LogP contribution is -3.30. The fourth-order valence-electron chi connectivity index (χ4n) is 4.94. The van der Waals surface area contributed by atoms with Crippen LogP contribution in [-0.4, -0.2) is 45.3 Å². The maximum Gasteiger partial charge on any atom is 0.127 e. The van der Waals surface area contributed by atoms with Crippen LogP contribution in [0.3, 0.4) is 0 Å². The van der Waals surface area contributed by atoms with Gasteiger partial charge in [0.25, 0.3) is 0 Å². The highest BCUT2D eigenvalue weighted by atomic mass is 79.9. The Morgan fingerprint density at radius 3 is 2.04 bits per heavy atom. The molecular weight excluding hydrogens is 398 g/mol. The average Bonchev–Trinajstić information content (AvgIpc) is 2.70. The number of rotatable bonds is 5. The Labute approximate surface area is 172 Å². The largest absolute Gasteiger partial charge is 0.331 e. The van der Waals surface area contributed by atoms with E-state index in [1.54, 1.807) is 9.80 Å². The SMILES string of the molecule is Brc1cccc(C[NH+]2CC[NH+](C3CC[NH+](Cc4ccccc4)CC3)CC2)c1. The molecule has 0 amide bonds. The molecule has 0 unspecified atom stereocenters. The Bertz CT molecular complexity index is 705. The summed E-state index contributed by atoms with van der Waals surface area (Å²) in [5, 5.41) is 0. The number of piperidine rings is 1. The summed E-state index contributed by atoms with van der Waals surface area (Å²) >= 11 is 3.60. The second kappa shape index (κ2) is 9.33. The first kappa shape index (κ1) is 19.1. The molecule has 2 saturated heterocycles. The summed E-state index contributed by atoms with van der Waals surface area (Å²) in [5.74, 6) is 0. The number of piperazine rings is 1. The van der Waals surface area contributed by atoms with E-state index >= 15 is 0 Å². The molecule has 0 spiro atoms. The van der Waals surface area contributed by atoms with Gasteiger partial charge in [0.1, 0.15) is 39.3 Å². The van der Waals surface area contributed by atoms with Gasteiger partial charge in [-0.2, -0.15) is 0 Å². The van der Waals surface area contributed by atoms with Crippen LogP contribution < -0.4 is 14.7 Å². The van der Waals surface area contributed by atoms with Crippen molar-refractivity contribution in [3.63, 3.8) is 0 Å². The third-order valence-corrected chi connectivity index (χ3v) is 7.00. The number of benzene rings is 2.